The van der Waals surface area contributed by atoms with Crippen LogP contribution >= 0.6 is 0 Å². The van der Waals surface area contributed by atoms with Crippen molar-refractivity contribution in [3.05, 3.63) is 200 Å². The molecule has 0 aliphatic carbocycles. The molecule has 0 unspecified atom stereocenters. The zero-order chi connectivity index (χ0) is 38.4. The van der Waals surface area contributed by atoms with Crippen molar-refractivity contribution in [3.63, 3.8) is 0 Å². The minimum absolute atomic E-state index is 0.899. The second-order valence-corrected chi connectivity index (χ2v) is 14.6. The molecule has 5 heterocycles. The molecule has 0 saturated carbocycles. The van der Waals surface area contributed by atoms with Crippen molar-refractivity contribution in [1.82, 2.24) is 24.9 Å². The summed E-state index contributed by atoms with van der Waals surface area (Å²) in [5, 5.41) is 4.31. The first kappa shape index (κ1) is 33.4. The predicted octanol–water partition coefficient (Wildman–Crippen LogP) is 13.3. The summed E-state index contributed by atoms with van der Waals surface area (Å²) in [6.07, 6.45) is 3.68. The Morgan fingerprint density at radius 1 is 0.259 bits per heavy atom. The van der Waals surface area contributed by atoms with Gasteiger partial charge in [-0.3, -0.25) is 4.98 Å². The average molecular weight is 740 g/mol. The summed E-state index contributed by atoms with van der Waals surface area (Å²) in [6.45, 7) is 0. The first-order valence-electron chi connectivity index (χ1n) is 19.4. The fraction of sp³-hybridized carbons (Fsp3) is 0. The average Bonchev–Trinajstić information content (AvgIpc) is 3.31. The zero-order valence-electron chi connectivity index (χ0n) is 31.3. The smallest absolute Gasteiger partial charge is 0.0972 e. The Bertz CT molecular complexity index is 3340. The fourth-order valence-electron chi connectivity index (χ4n) is 7.84. The molecule has 5 heteroatoms. The zero-order valence-corrected chi connectivity index (χ0v) is 31.3. The SMILES string of the molecule is c1ccc(-c2ccc3ccc4ccc(-c5cccc(-c6ccc7ccc(-c8ccc9ccc(-c%10cccc(-c%11cccnc%11)c%10)nc9c8)nc7c6)c5)nc4c3n2)cc1. The van der Waals surface area contributed by atoms with E-state index in [0.29, 0.717) is 0 Å². The largest absolute Gasteiger partial charge is 0.264 e. The van der Waals surface area contributed by atoms with Gasteiger partial charge in [0.1, 0.15) is 0 Å². The number of aromatic nitrogens is 5. The highest BCUT2D eigenvalue weighted by atomic mass is 14.8. The predicted molar refractivity (Wildman–Crippen MR) is 238 cm³/mol. The molecule has 270 valence electrons. The minimum Gasteiger partial charge on any atom is -0.264 e. The van der Waals surface area contributed by atoms with E-state index in [1.165, 1.54) is 0 Å². The van der Waals surface area contributed by atoms with E-state index in [1.807, 2.05) is 30.5 Å². The molecule has 5 aromatic heterocycles. The molecule has 6 aromatic carbocycles. The van der Waals surface area contributed by atoms with Gasteiger partial charge < -0.3 is 0 Å². The summed E-state index contributed by atoms with van der Waals surface area (Å²) in [5.74, 6) is 0. The van der Waals surface area contributed by atoms with Crippen molar-refractivity contribution in [1.29, 1.82) is 0 Å². The molecule has 0 bridgehead atoms. The molecule has 0 radical (unpaired) electrons. The first-order chi connectivity index (χ1) is 28.7. The van der Waals surface area contributed by atoms with Gasteiger partial charge in [-0.15, -0.1) is 0 Å². The van der Waals surface area contributed by atoms with Crippen LogP contribution in [0, 0.1) is 0 Å². The van der Waals surface area contributed by atoms with Crippen molar-refractivity contribution in [2.45, 2.75) is 0 Å². The molecule has 0 aliphatic rings. The van der Waals surface area contributed by atoms with E-state index in [1.54, 1.807) is 6.20 Å². The summed E-state index contributed by atoms with van der Waals surface area (Å²) in [4.78, 5) is 24.9. The first-order valence-corrected chi connectivity index (χ1v) is 19.4. The van der Waals surface area contributed by atoms with Crippen LogP contribution in [0.3, 0.4) is 0 Å². The monoisotopic (exact) mass is 739 g/mol. The van der Waals surface area contributed by atoms with E-state index >= 15 is 0 Å². The summed E-state index contributed by atoms with van der Waals surface area (Å²) in [7, 11) is 0. The third kappa shape index (κ3) is 6.21. The van der Waals surface area contributed by atoms with Crippen LogP contribution in [-0.4, -0.2) is 24.9 Å². The lowest BCUT2D eigenvalue weighted by Gasteiger charge is -2.10. The van der Waals surface area contributed by atoms with Gasteiger partial charge in [0.05, 0.1) is 44.8 Å². The molecule has 11 rings (SSSR count). The highest BCUT2D eigenvalue weighted by molar-refractivity contribution is 6.04. The van der Waals surface area contributed by atoms with E-state index in [9.17, 15) is 0 Å². The molecule has 0 fully saturated rings. The van der Waals surface area contributed by atoms with Gasteiger partial charge in [-0.05, 0) is 71.3 Å². The van der Waals surface area contributed by atoms with E-state index in [4.69, 9.17) is 19.9 Å². The highest BCUT2D eigenvalue weighted by Gasteiger charge is 2.12. The van der Waals surface area contributed by atoms with E-state index < -0.39 is 0 Å². The topological polar surface area (TPSA) is 64.5 Å². The lowest BCUT2D eigenvalue weighted by molar-refractivity contribution is 1.33. The van der Waals surface area contributed by atoms with Crippen LogP contribution in [0.25, 0.3) is 111 Å². The highest BCUT2D eigenvalue weighted by Crippen LogP contribution is 2.33. The minimum atomic E-state index is 0.899. The molecule has 0 N–H and O–H groups in total. The number of pyridine rings is 5. The summed E-state index contributed by atoms with van der Waals surface area (Å²) in [5.41, 5.74) is 16.0. The summed E-state index contributed by atoms with van der Waals surface area (Å²) >= 11 is 0. The Labute approximate surface area is 335 Å². The van der Waals surface area contributed by atoms with Gasteiger partial charge in [0.15, 0.2) is 0 Å². The fourth-order valence-corrected chi connectivity index (χ4v) is 7.84. The van der Waals surface area contributed by atoms with Crippen molar-refractivity contribution in [2.24, 2.45) is 0 Å². The lowest BCUT2D eigenvalue weighted by atomic mass is 9.99. The van der Waals surface area contributed by atoms with Gasteiger partial charge in [0, 0.05) is 61.8 Å². The maximum atomic E-state index is 5.22. The van der Waals surface area contributed by atoms with Crippen LogP contribution in [0.4, 0.5) is 0 Å². The van der Waals surface area contributed by atoms with Crippen molar-refractivity contribution < 1.29 is 0 Å². The molecule has 0 amide bonds. The molecule has 0 saturated heterocycles. The van der Waals surface area contributed by atoms with Gasteiger partial charge in [-0.2, -0.15) is 0 Å². The molecule has 0 aliphatic heterocycles. The van der Waals surface area contributed by atoms with Crippen molar-refractivity contribution in [2.75, 3.05) is 0 Å². The number of fused-ring (bicyclic) bond motifs is 5. The number of benzene rings is 6. The lowest BCUT2D eigenvalue weighted by Crippen LogP contribution is -1.91. The van der Waals surface area contributed by atoms with Gasteiger partial charge in [-0.25, -0.2) is 19.9 Å². The molecule has 11 aromatic rings. The Balaban J connectivity index is 0.918. The molecular weight excluding hydrogens is 707 g/mol. The third-order valence-electron chi connectivity index (χ3n) is 10.9. The Morgan fingerprint density at radius 3 is 1.28 bits per heavy atom. The van der Waals surface area contributed by atoms with Crippen LogP contribution in [0.15, 0.2) is 200 Å². The van der Waals surface area contributed by atoms with E-state index in [0.717, 1.165) is 111 Å². The second kappa shape index (κ2) is 14.0. The Kier molecular flexibility index (Phi) is 8.07. The summed E-state index contributed by atoms with van der Waals surface area (Å²) in [6, 6.07) is 65.5. The van der Waals surface area contributed by atoms with Gasteiger partial charge >= 0.3 is 0 Å². The van der Waals surface area contributed by atoms with Crippen LogP contribution in [0.5, 0.6) is 0 Å². The number of hydrogen-bond acceptors (Lipinski definition) is 5. The molecule has 58 heavy (non-hydrogen) atoms. The van der Waals surface area contributed by atoms with Crippen LogP contribution in [0.1, 0.15) is 0 Å². The second-order valence-electron chi connectivity index (χ2n) is 14.6. The molecule has 5 nitrogen and oxygen atoms in total. The number of rotatable bonds is 6. The quantitative estimate of drug-likeness (QED) is 0.159. The van der Waals surface area contributed by atoms with Gasteiger partial charge in [0.2, 0.25) is 0 Å². The van der Waals surface area contributed by atoms with Gasteiger partial charge in [0.25, 0.3) is 0 Å². The van der Waals surface area contributed by atoms with Crippen molar-refractivity contribution in [3.8, 4) is 67.3 Å². The normalized spacial score (nSPS) is 11.4. The van der Waals surface area contributed by atoms with Crippen LogP contribution in [0.2, 0.25) is 0 Å². The van der Waals surface area contributed by atoms with Crippen molar-refractivity contribution >= 4 is 43.6 Å². The van der Waals surface area contributed by atoms with Gasteiger partial charge in [-0.1, -0.05) is 133 Å². The number of nitrogens with zero attached hydrogens (tertiary/aromatic N) is 5. The molecule has 0 atom stereocenters. The maximum Gasteiger partial charge on any atom is 0.0972 e. The van der Waals surface area contributed by atoms with Crippen LogP contribution in [-0.2, 0) is 0 Å². The van der Waals surface area contributed by atoms with E-state index in [2.05, 4.69) is 169 Å². The standard InChI is InChI=1S/C53H33N5/c1-2-7-34(8-3-1)46-26-22-37-16-17-38-23-27-49(58-53(38)52(37)57-46)43-12-4-9-39(29-43)41-18-14-35-21-25-48(56-50(35)31-41)44-19-15-36-20-24-47(55-51(36)32-44)42-11-5-10-40(30-42)45-13-6-28-54-33-45/h1-33H. The molecular formula is C53H33N5. The van der Waals surface area contributed by atoms with Crippen LogP contribution < -0.4 is 0 Å². The Morgan fingerprint density at radius 2 is 0.672 bits per heavy atom. The number of hydrogen-bond donors (Lipinski definition) is 0. The summed E-state index contributed by atoms with van der Waals surface area (Å²) < 4.78 is 0. The third-order valence-corrected chi connectivity index (χ3v) is 10.9. The van der Waals surface area contributed by atoms with E-state index in [-0.39, 0.29) is 0 Å². The maximum absolute atomic E-state index is 5.22. The molecule has 0 spiro atoms. The Hall–Kier alpha value is -7.89.